The van der Waals surface area contributed by atoms with Crippen LogP contribution in [0.3, 0.4) is 0 Å². The van der Waals surface area contributed by atoms with Gasteiger partial charge >= 0.3 is 0 Å². The number of hydrogen-bond acceptors (Lipinski definition) is 4. The average molecular weight is 316 g/mol. The molecule has 23 heavy (non-hydrogen) atoms. The Morgan fingerprint density at radius 3 is 2.48 bits per heavy atom. The highest BCUT2D eigenvalue weighted by Crippen LogP contribution is 2.30. The fraction of sp³-hybridized carbons (Fsp3) is 0.722. The third kappa shape index (κ3) is 4.21. The Hall–Kier alpha value is -1.65. The van der Waals surface area contributed by atoms with Gasteiger partial charge in [-0.05, 0) is 51.4 Å². The Morgan fingerprint density at radius 1 is 1.13 bits per heavy atom. The molecule has 126 valence electrons. The van der Waals surface area contributed by atoms with Crippen molar-refractivity contribution in [3.05, 3.63) is 18.1 Å². The summed E-state index contributed by atoms with van der Waals surface area (Å²) in [5.41, 5.74) is 0.974. The fourth-order valence-electron chi connectivity index (χ4n) is 3.75. The second kappa shape index (κ2) is 7.28. The second-order valence-electron chi connectivity index (χ2n) is 7.25. The first-order valence-electron chi connectivity index (χ1n) is 8.96. The summed E-state index contributed by atoms with van der Waals surface area (Å²) in [4.78, 5) is 23.1. The first-order valence-corrected chi connectivity index (χ1v) is 8.96. The summed E-state index contributed by atoms with van der Waals surface area (Å²) in [5, 5.41) is 3.48. The number of aryl methyl sites for hydroxylation is 1. The molecule has 0 unspecified atom stereocenters. The molecule has 2 fully saturated rings. The number of hydrogen-bond donors (Lipinski definition) is 1. The highest BCUT2D eigenvalue weighted by atomic mass is 16.2. The number of nitrogens with one attached hydrogen (secondary N) is 1. The predicted molar refractivity (Wildman–Crippen MR) is 91.1 cm³/mol. The molecule has 0 radical (unpaired) electrons. The topological polar surface area (TPSA) is 58.1 Å². The third-order valence-electron chi connectivity index (χ3n) is 5.33. The van der Waals surface area contributed by atoms with Crippen LogP contribution >= 0.6 is 0 Å². The summed E-state index contributed by atoms with van der Waals surface area (Å²) in [5.74, 6) is 2.36. The van der Waals surface area contributed by atoms with Crippen molar-refractivity contribution < 1.29 is 4.79 Å². The molecule has 1 amide bonds. The smallest absolute Gasteiger partial charge is 0.225 e. The first-order chi connectivity index (χ1) is 11.1. The van der Waals surface area contributed by atoms with Gasteiger partial charge in [0.1, 0.15) is 12.1 Å². The van der Waals surface area contributed by atoms with E-state index in [2.05, 4.69) is 27.1 Å². The lowest BCUT2D eigenvalue weighted by molar-refractivity contribution is -0.137. The van der Waals surface area contributed by atoms with Crippen molar-refractivity contribution in [2.24, 2.45) is 11.8 Å². The van der Waals surface area contributed by atoms with Crippen LogP contribution < -0.4 is 5.32 Å². The van der Waals surface area contributed by atoms with E-state index in [4.69, 9.17) is 0 Å². The SMILES string of the molecule is Cc1cc(NC2CCN(C(=O)C3CCC(C)CC3)CC2)ncn1. The van der Waals surface area contributed by atoms with Crippen LogP contribution in [0.1, 0.15) is 51.1 Å². The van der Waals surface area contributed by atoms with Crippen molar-refractivity contribution in [2.45, 2.75) is 58.4 Å². The number of piperidine rings is 1. The van der Waals surface area contributed by atoms with Crippen molar-refractivity contribution in [3.63, 3.8) is 0 Å². The molecule has 3 rings (SSSR count). The second-order valence-corrected chi connectivity index (χ2v) is 7.25. The van der Waals surface area contributed by atoms with Gasteiger partial charge in [-0.1, -0.05) is 6.92 Å². The van der Waals surface area contributed by atoms with Crippen molar-refractivity contribution >= 4 is 11.7 Å². The van der Waals surface area contributed by atoms with Crippen molar-refractivity contribution in [1.29, 1.82) is 0 Å². The minimum absolute atomic E-state index is 0.278. The standard InChI is InChI=1S/C18H28N4O/c1-13-3-5-15(6-4-13)18(23)22-9-7-16(8-10-22)21-17-11-14(2)19-12-20-17/h11-13,15-16H,3-10H2,1-2H3,(H,19,20,21). The van der Waals surface area contributed by atoms with Gasteiger partial charge in [0.25, 0.3) is 0 Å². The molecule has 0 spiro atoms. The van der Waals surface area contributed by atoms with Gasteiger partial charge in [0.05, 0.1) is 0 Å². The van der Waals surface area contributed by atoms with Gasteiger partial charge in [-0.3, -0.25) is 4.79 Å². The Bertz CT molecular complexity index is 532. The lowest BCUT2D eigenvalue weighted by atomic mass is 9.82. The maximum atomic E-state index is 12.7. The van der Waals surface area contributed by atoms with Crippen LogP contribution in [0.2, 0.25) is 0 Å². The normalized spacial score (nSPS) is 26.1. The first kappa shape index (κ1) is 16.2. The fourth-order valence-corrected chi connectivity index (χ4v) is 3.75. The van der Waals surface area contributed by atoms with E-state index in [-0.39, 0.29) is 5.92 Å². The van der Waals surface area contributed by atoms with Gasteiger partial charge in [0.15, 0.2) is 0 Å². The number of nitrogens with zero attached hydrogens (tertiary/aromatic N) is 3. The van der Waals surface area contributed by atoms with E-state index in [0.717, 1.165) is 56.2 Å². The molecule has 0 bridgehead atoms. The van der Waals surface area contributed by atoms with Gasteiger partial charge in [-0.2, -0.15) is 0 Å². The minimum atomic E-state index is 0.278. The van der Waals surface area contributed by atoms with E-state index < -0.39 is 0 Å². The molecule has 1 aromatic rings. The van der Waals surface area contributed by atoms with Crippen molar-refractivity contribution in [2.75, 3.05) is 18.4 Å². The summed E-state index contributed by atoms with van der Waals surface area (Å²) in [6.07, 6.45) is 8.18. The molecule has 1 aliphatic heterocycles. The van der Waals surface area contributed by atoms with Gasteiger partial charge in [0.2, 0.25) is 5.91 Å². The number of carbonyl (C=O) groups excluding carboxylic acids is 1. The molecule has 2 aliphatic rings. The third-order valence-corrected chi connectivity index (χ3v) is 5.33. The summed E-state index contributed by atoms with van der Waals surface area (Å²) < 4.78 is 0. The summed E-state index contributed by atoms with van der Waals surface area (Å²) >= 11 is 0. The molecule has 5 heteroatoms. The zero-order valence-electron chi connectivity index (χ0n) is 14.3. The Kier molecular flexibility index (Phi) is 5.13. The zero-order chi connectivity index (χ0) is 16.2. The summed E-state index contributed by atoms with van der Waals surface area (Å²) in [6, 6.07) is 2.38. The molecular formula is C18H28N4O. The maximum Gasteiger partial charge on any atom is 0.225 e. The molecule has 1 saturated carbocycles. The predicted octanol–water partition coefficient (Wildman–Crippen LogP) is 3.01. The van der Waals surface area contributed by atoms with Crippen molar-refractivity contribution in [3.8, 4) is 0 Å². The molecule has 0 atom stereocenters. The van der Waals surface area contributed by atoms with E-state index in [1.807, 2.05) is 13.0 Å². The van der Waals surface area contributed by atoms with Crippen LogP contribution in [0.15, 0.2) is 12.4 Å². The number of carbonyl (C=O) groups is 1. The number of anilines is 1. The maximum absolute atomic E-state index is 12.7. The van der Waals surface area contributed by atoms with Gasteiger partial charge in [-0.25, -0.2) is 9.97 Å². The lowest BCUT2D eigenvalue weighted by Crippen LogP contribution is -2.45. The molecule has 1 aromatic heterocycles. The van der Waals surface area contributed by atoms with E-state index >= 15 is 0 Å². The molecule has 5 nitrogen and oxygen atoms in total. The average Bonchev–Trinajstić information content (AvgIpc) is 2.56. The zero-order valence-corrected chi connectivity index (χ0v) is 14.3. The van der Waals surface area contributed by atoms with E-state index in [1.165, 1.54) is 12.8 Å². The van der Waals surface area contributed by atoms with Crippen LogP contribution in [-0.2, 0) is 4.79 Å². The lowest BCUT2D eigenvalue weighted by Gasteiger charge is -2.36. The van der Waals surface area contributed by atoms with E-state index in [9.17, 15) is 4.79 Å². The molecule has 1 N–H and O–H groups in total. The Morgan fingerprint density at radius 2 is 1.83 bits per heavy atom. The highest BCUT2D eigenvalue weighted by molar-refractivity contribution is 5.79. The largest absolute Gasteiger partial charge is 0.367 e. The molecular weight excluding hydrogens is 288 g/mol. The minimum Gasteiger partial charge on any atom is -0.367 e. The van der Waals surface area contributed by atoms with Gasteiger partial charge in [0, 0.05) is 36.8 Å². The van der Waals surface area contributed by atoms with E-state index in [0.29, 0.717) is 11.9 Å². The molecule has 0 aromatic carbocycles. The monoisotopic (exact) mass is 316 g/mol. The van der Waals surface area contributed by atoms with Gasteiger partial charge < -0.3 is 10.2 Å². The number of amides is 1. The summed E-state index contributed by atoms with van der Waals surface area (Å²) in [7, 11) is 0. The molecule has 1 saturated heterocycles. The van der Waals surface area contributed by atoms with Crippen molar-refractivity contribution in [1.82, 2.24) is 14.9 Å². The number of likely N-dealkylation sites (tertiary alicyclic amines) is 1. The van der Waals surface area contributed by atoms with Crippen LogP contribution in [0.4, 0.5) is 5.82 Å². The molecule has 2 heterocycles. The Labute approximate surface area is 138 Å². The van der Waals surface area contributed by atoms with Gasteiger partial charge in [-0.15, -0.1) is 0 Å². The Balaban J connectivity index is 1.47. The van der Waals surface area contributed by atoms with Crippen LogP contribution in [-0.4, -0.2) is 39.9 Å². The van der Waals surface area contributed by atoms with Crippen LogP contribution in [0.5, 0.6) is 0 Å². The van der Waals surface area contributed by atoms with Crippen LogP contribution in [0, 0.1) is 18.8 Å². The molecule has 1 aliphatic carbocycles. The highest BCUT2D eigenvalue weighted by Gasteiger charge is 2.30. The quantitative estimate of drug-likeness (QED) is 0.931. The number of rotatable bonds is 3. The van der Waals surface area contributed by atoms with E-state index in [1.54, 1.807) is 6.33 Å². The van der Waals surface area contributed by atoms with Crippen LogP contribution in [0.25, 0.3) is 0 Å². The summed E-state index contributed by atoms with van der Waals surface area (Å²) in [6.45, 7) is 6.01. The number of aromatic nitrogens is 2.